The van der Waals surface area contributed by atoms with Crippen molar-refractivity contribution in [3.05, 3.63) is 53.1 Å². The van der Waals surface area contributed by atoms with E-state index in [0.717, 1.165) is 5.75 Å². The lowest BCUT2D eigenvalue weighted by Gasteiger charge is -2.07. The number of benzene rings is 1. The van der Waals surface area contributed by atoms with Crippen molar-refractivity contribution in [1.29, 1.82) is 0 Å². The molecule has 5 nitrogen and oxygen atoms in total. The van der Waals surface area contributed by atoms with E-state index >= 15 is 0 Å². The van der Waals surface area contributed by atoms with Gasteiger partial charge in [0, 0.05) is 12.3 Å². The molecule has 1 aromatic carbocycles. The Morgan fingerprint density at radius 3 is 2.59 bits per heavy atom. The number of ether oxygens (including phenoxy) is 2. The molecule has 2 aromatic rings. The Balaban J connectivity index is 1.75. The lowest BCUT2D eigenvalue weighted by molar-refractivity contribution is 0.211. The van der Waals surface area contributed by atoms with Gasteiger partial charge >= 0.3 is 5.69 Å². The summed E-state index contributed by atoms with van der Waals surface area (Å²) in [6, 6.07) is 11.0. The van der Waals surface area contributed by atoms with Gasteiger partial charge in [-0.1, -0.05) is 18.2 Å². The first-order valence-electron chi connectivity index (χ1n) is 5.20. The fourth-order valence-electron chi connectivity index (χ4n) is 1.26. The molecule has 0 atom stereocenters. The summed E-state index contributed by atoms with van der Waals surface area (Å²) in [7, 11) is 0. The molecule has 0 amide bonds. The number of nitrogens with zero attached hydrogens (tertiary/aromatic N) is 1. The predicted molar refractivity (Wildman–Crippen MR) is 62.3 cm³/mol. The minimum absolute atomic E-state index is 0.356. The van der Waals surface area contributed by atoms with Crippen molar-refractivity contribution in [3.63, 3.8) is 0 Å². The third-order valence-electron chi connectivity index (χ3n) is 2.00. The van der Waals surface area contributed by atoms with Crippen LogP contribution in [0.4, 0.5) is 0 Å². The van der Waals surface area contributed by atoms with Crippen LogP contribution in [0.3, 0.4) is 0 Å². The highest BCUT2D eigenvalue weighted by Crippen LogP contribution is 2.08. The van der Waals surface area contributed by atoms with Crippen LogP contribution in [0.25, 0.3) is 0 Å². The molecule has 1 heterocycles. The largest absolute Gasteiger partial charge is 0.490 e. The van der Waals surface area contributed by atoms with E-state index in [0.29, 0.717) is 19.1 Å². The molecular weight excluding hydrogens is 220 g/mol. The van der Waals surface area contributed by atoms with Crippen LogP contribution >= 0.6 is 0 Å². The molecule has 0 bridgehead atoms. The molecule has 1 N–H and O–H groups in total. The molecule has 5 heteroatoms. The second-order valence-corrected chi connectivity index (χ2v) is 3.25. The van der Waals surface area contributed by atoms with Gasteiger partial charge < -0.3 is 9.47 Å². The number of nitrogens with one attached hydrogen (secondary N) is 1. The van der Waals surface area contributed by atoms with Crippen molar-refractivity contribution in [3.8, 4) is 11.6 Å². The number of hydrogen-bond donors (Lipinski definition) is 1. The minimum atomic E-state index is -0.425. The van der Waals surface area contributed by atoms with Crippen molar-refractivity contribution in [2.45, 2.75) is 0 Å². The van der Waals surface area contributed by atoms with E-state index in [1.54, 1.807) is 6.07 Å². The first-order valence-corrected chi connectivity index (χ1v) is 5.20. The highest BCUT2D eigenvalue weighted by Gasteiger charge is 1.95. The fourth-order valence-corrected chi connectivity index (χ4v) is 1.26. The van der Waals surface area contributed by atoms with Gasteiger partial charge in [0.15, 0.2) is 5.88 Å². The van der Waals surface area contributed by atoms with Crippen LogP contribution in [0.1, 0.15) is 0 Å². The molecule has 0 aliphatic rings. The lowest BCUT2D eigenvalue weighted by Crippen LogP contribution is -2.14. The maximum absolute atomic E-state index is 10.9. The summed E-state index contributed by atoms with van der Waals surface area (Å²) in [5.41, 5.74) is -0.425. The Bertz CT molecular complexity index is 510. The van der Waals surface area contributed by atoms with Crippen molar-refractivity contribution in [1.82, 2.24) is 9.97 Å². The Labute approximate surface area is 98.0 Å². The third-order valence-corrected chi connectivity index (χ3v) is 2.00. The zero-order valence-corrected chi connectivity index (χ0v) is 9.13. The molecule has 1 aromatic heterocycles. The van der Waals surface area contributed by atoms with Crippen LogP contribution in [-0.4, -0.2) is 23.2 Å². The molecule has 0 unspecified atom stereocenters. The fraction of sp³-hybridized carbons (Fsp3) is 0.167. The second kappa shape index (κ2) is 5.69. The van der Waals surface area contributed by atoms with Crippen LogP contribution < -0.4 is 15.2 Å². The standard InChI is InChI=1S/C12H12N2O3/c15-12-13-7-6-11(14-12)17-9-8-16-10-4-2-1-3-5-10/h1-7H,8-9H2,(H,13,14,15). The van der Waals surface area contributed by atoms with Gasteiger partial charge in [-0.3, -0.25) is 4.98 Å². The molecule has 0 spiro atoms. The normalized spacial score (nSPS) is 9.88. The number of hydrogen-bond acceptors (Lipinski definition) is 4. The quantitative estimate of drug-likeness (QED) is 0.787. The van der Waals surface area contributed by atoms with Crippen LogP contribution in [0.15, 0.2) is 47.4 Å². The first-order chi connectivity index (χ1) is 8.34. The summed E-state index contributed by atoms with van der Waals surface area (Å²) in [5.74, 6) is 1.18. The van der Waals surface area contributed by atoms with Gasteiger partial charge in [-0.25, -0.2) is 9.78 Å². The predicted octanol–water partition coefficient (Wildman–Crippen LogP) is 1.23. The van der Waals surface area contributed by atoms with Crippen molar-refractivity contribution in [2.24, 2.45) is 0 Å². The van der Waals surface area contributed by atoms with Crippen LogP contribution in [0.5, 0.6) is 11.6 Å². The molecule has 0 aliphatic carbocycles. The number of aromatic nitrogens is 2. The Hall–Kier alpha value is -2.30. The molecule has 17 heavy (non-hydrogen) atoms. The van der Waals surface area contributed by atoms with Gasteiger partial charge in [-0.2, -0.15) is 0 Å². The van der Waals surface area contributed by atoms with Gasteiger partial charge in [-0.15, -0.1) is 0 Å². The van der Waals surface area contributed by atoms with Gasteiger partial charge in [-0.05, 0) is 12.1 Å². The molecule has 0 aliphatic heterocycles. The molecule has 0 saturated heterocycles. The smallest absolute Gasteiger partial charge is 0.347 e. The van der Waals surface area contributed by atoms with Crippen LogP contribution in [-0.2, 0) is 0 Å². The Morgan fingerprint density at radius 2 is 1.82 bits per heavy atom. The topological polar surface area (TPSA) is 64.2 Å². The van der Waals surface area contributed by atoms with E-state index in [1.807, 2.05) is 30.3 Å². The highest BCUT2D eigenvalue weighted by molar-refractivity contribution is 5.20. The van der Waals surface area contributed by atoms with Gasteiger partial charge in [0.05, 0.1) is 0 Å². The average molecular weight is 232 g/mol. The number of H-pyrrole nitrogens is 1. The van der Waals surface area contributed by atoms with Crippen molar-refractivity contribution in [2.75, 3.05) is 13.2 Å². The molecular formula is C12H12N2O3. The number of para-hydroxylation sites is 1. The molecule has 0 saturated carbocycles. The summed E-state index contributed by atoms with van der Waals surface area (Å²) >= 11 is 0. The van der Waals surface area contributed by atoms with Gasteiger partial charge in [0.25, 0.3) is 0 Å². The number of rotatable bonds is 5. The van der Waals surface area contributed by atoms with E-state index in [1.165, 1.54) is 6.20 Å². The minimum Gasteiger partial charge on any atom is -0.490 e. The average Bonchev–Trinajstić information content (AvgIpc) is 2.36. The van der Waals surface area contributed by atoms with E-state index in [-0.39, 0.29) is 0 Å². The highest BCUT2D eigenvalue weighted by atomic mass is 16.5. The van der Waals surface area contributed by atoms with Crippen LogP contribution in [0, 0.1) is 0 Å². The van der Waals surface area contributed by atoms with Crippen molar-refractivity contribution >= 4 is 0 Å². The second-order valence-electron chi connectivity index (χ2n) is 3.25. The maximum Gasteiger partial charge on any atom is 0.347 e. The summed E-state index contributed by atoms with van der Waals surface area (Å²) < 4.78 is 10.7. The summed E-state index contributed by atoms with van der Waals surface area (Å²) in [5, 5.41) is 0. The monoisotopic (exact) mass is 232 g/mol. The van der Waals surface area contributed by atoms with E-state index in [2.05, 4.69) is 9.97 Å². The summed E-state index contributed by atoms with van der Waals surface area (Å²) in [4.78, 5) is 16.8. The lowest BCUT2D eigenvalue weighted by atomic mass is 10.3. The molecule has 0 fully saturated rings. The van der Waals surface area contributed by atoms with E-state index in [9.17, 15) is 4.79 Å². The van der Waals surface area contributed by atoms with Gasteiger partial charge in [0.2, 0.25) is 0 Å². The first kappa shape index (κ1) is 11.2. The third kappa shape index (κ3) is 3.64. The Kier molecular flexibility index (Phi) is 3.75. The maximum atomic E-state index is 10.9. The van der Waals surface area contributed by atoms with Gasteiger partial charge in [0.1, 0.15) is 19.0 Å². The van der Waals surface area contributed by atoms with Crippen LogP contribution in [0.2, 0.25) is 0 Å². The number of aromatic amines is 1. The van der Waals surface area contributed by atoms with Crippen molar-refractivity contribution < 1.29 is 9.47 Å². The zero-order chi connectivity index (χ0) is 11.9. The van der Waals surface area contributed by atoms with E-state index in [4.69, 9.17) is 9.47 Å². The SMILES string of the molecule is O=c1nccc(OCCOc2ccccc2)[nH]1. The molecule has 0 radical (unpaired) electrons. The Morgan fingerprint density at radius 1 is 1.06 bits per heavy atom. The zero-order valence-electron chi connectivity index (χ0n) is 9.13. The van der Waals surface area contributed by atoms with E-state index < -0.39 is 5.69 Å². The summed E-state index contributed by atoms with van der Waals surface area (Å²) in [6.07, 6.45) is 1.40. The summed E-state index contributed by atoms with van der Waals surface area (Å²) in [6.45, 7) is 0.767. The molecule has 88 valence electrons. The molecule has 2 rings (SSSR count).